The number of amides is 1. The molecule has 1 aliphatic rings. The van der Waals surface area contributed by atoms with Crippen LogP contribution in [0.15, 0.2) is 47.0 Å². The lowest BCUT2D eigenvalue weighted by Gasteiger charge is -2.25. The Hall–Kier alpha value is -2.40. The molecule has 114 valence electrons. The lowest BCUT2D eigenvalue weighted by Crippen LogP contribution is -2.36. The molecule has 2 heterocycles. The first kappa shape index (κ1) is 14.5. The first-order chi connectivity index (χ1) is 10.7. The maximum Gasteiger partial charge on any atom is 0.240 e. The quantitative estimate of drug-likeness (QED) is 0.942. The molecule has 0 fully saturated rings. The molecule has 0 saturated heterocycles. The minimum Gasteiger partial charge on any atom is -0.338 e. The van der Waals surface area contributed by atoms with Gasteiger partial charge < -0.3 is 4.52 Å². The van der Waals surface area contributed by atoms with E-state index in [1.165, 1.54) is 11.1 Å². The van der Waals surface area contributed by atoms with Crippen LogP contribution in [-0.2, 0) is 4.79 Å². The van der Waals surface area contributed by atoms with Crippen molar-refractivity contribution >= 4 is 17.4 Å². The van der Waals surface area contributed by atoms with Crippen LogP contribution in [0.1, 0.15) is 17.7 Å². The van der Waals surface area contributed by atoms with Gasteiger partial charge in [-0.3, -0.25) is 15.0 Å². The van der Waals surface area contributed by atoms with Crippen molar-refractivity contribution in [3.8, 4) is 0 Å². The predicted octanol–water partition coefficient (Wildman–Crippen LogP) is 2.71. The minimum absolute atomic E-state index is 0.0762. The van der Waals surface area contributed by atoms with Gasteiger partial charge >= 0.3 is 0 Å². The van der Waals surface area contributed by atoms with Gasteiger partial charge in [0.05, 0.1) is 12.2 Å². The van der Waals surface area contributed by atoms with Gasteiger partial charge in [-0.25, -0.2) is 0 Å². The molecular formula is C17H19N3O2. The van der Waals surface area contributed by atoms with Crippen LogP contribution in [-0.4, -0.2) is 35.6 Å². The zero-order chi connectivity index (χ0) is 15.4. The second-order valence-corrected chi connectivity index (χ2v) is 5.46. The Bertz CT molecular complexity index is 676. The lowest BCUT2D eigenvalue weighted by molar-refractivity contribution is -0.117. The van der Waals surface area contributed by atoms with Crippen molar-refractivity contribution in [3.63, 3.8) is 0 Å². The topological polar surface area (TPSA) is 58.4 Å². The molecule has 5 nitrogen and oxygen atoms in total. The zero-order valence-corrected chi connectivity index (χ0v) is 12.6. The third kappa shape index (κ3) is 3.62. The number of rotatable bonds is 4. The summed E-state index contributed by atoms with van der Waals surface area (Å²) in [5.41, 5.74) is 3.37. The van der Waals surface area contributed by atoms with E-state index >= 15 is 0 Å². The number of carbonyl (C=O) groups is 1. The van der Waals surface area contributed by atoms with E-state index in [2.05, 4.69) is 45.7 Å². The van der Waals surface area contributed by atoms with E-state index in [1.54, 1.807) is 6.07 Å². The number of nitrogens with one attached hydrogen (secondary N) is 1. The van der Waals surface area contributed by atoms with Crippen molar-refractivity contribution in [2.24, 2.45) is 0 Å². The zero-order valence-electron chi connectivity index (χ0n) is 12.6. The summed E-state index contributed by atoms with van der Waals surface area (Å²) in [5.74, 6) is 0.327. The predicted molar refractivity (Wildman–Crippen MR) is 85.3 cm³/mol. The molecule has 0 radical (unpaired) electrons. The molecule has 0 saturated carbocycles. The Labute approximate surface area is 129 Å². The SMILES string of the molecule is Cc1cc(NC(=O)CN2CC=C(c3ccccc3)CC2)on1. The second kappa shape index (κ2) is 6.58. The first-order valence-corrected chi connectivity index (χ1v) is 7.41. The van der Waals surface area contributed by atoms with Crippen molar-refractivity contribution in [1.82, 2.24) is 10.1 Å². The standard InChI is InChI=1S/C17H19N3O2/c1-13-11-17(22-19-13)18-16(21)12-20-9-7-15(8-10-20)14-5-3-2-4-6-14/h2-7,11H,8-10,12H2,1H3,(H,18,21). The Morgan fingerprint density at radius 2 is 2.18 bits per heavy atom. The number of aromatic nitrogens is 1. The summed E-state index contributed by atoms with van der Waals surface area (Å²) in [6, 6.07) is 12.1. The highest BCUT2D eigenvalue weighted by molar-refractivity contribution is 5.91. The van der Waals surface area contributed by atoms with Gasteiger partial charge in [0.15, 0.2) is 0 Å². The molecule has 0 aliphatic carbocycles. The Balaban J connectivity index is 1.53. The fraction of sp³-hybridized carbons (Fsp3) is 0.294. The van der Waals surface area contributed by atoms with E-state index in [4.69, 9.17) is 4.52 Å². The van der Waals surface area contributed by atoms with Crippen LogP contribution in [0, 0.1) is 6.92 Å². The van der Waals surface area contributed by atoms with Gasteiger partial charge in [-0.1, -0.05) is 41.6 Å². The van der Waals surface area contributed by atoms with Crippen molar-refractivity contribution in [2.75, 3.05) is 25.0 Å². The van der Waals surface area contributed by atoms with Gasteiger partial charge in [0.25, 0.3) is 0 Å². The summed E-state index contributed by atoms with van der Waals surface area (Å²) in [7, 11) is 0. The normalized spacial score (nSPS) is 15.4. The number of aryl methyl sites for hydroxylation is 1. The summed E-state index contributed by atoms with van der Waals surface area (Å²) in [6.45, 7) is 3.84. The highest BCUT2D eigenvalue weighted by Crippen LogP contribution is 2.21. The molecule has 1 aromatic carbocycles. The Morgan fingerprint density at radius 3 is 2.82 bits per heavy atom. The monoisotopic (exact) mass is 297 g/mol. The van der Waals surface area contributed by atoms with Gasteiger partial charge in [0, 0.05) is 19.2 Å². The second-order valence-electron chi connectivity index (χ2n) is 5.46. The summed E-state index contributed by atoms with van der Waals surface area (Å²) in [6.07, 6.45) is 3.16. The van der Waals surface area contributed by atoms with E-state index in [0.29, 0.717) is 12.4 Å². The molecule has 3 rings (SSSR count). The van der Waals surface area contributed by atoms with Gasteiger partial charge in [-0.2, -0.15) is 0 Å². The average Bonchev–Trinajstić information content (AvgIpc) is 2.94. The summed E-state index contributed by atoms with van der Waals surface area (Å²) in [4.78, 5) is 14.1. The molecule has 0 unspecified atom stereocenters. The lowest BCUT2D eigenvalue weighted by atomic mass is 10.00. The van der Waals surface area contributed by atoms with Crippen LogP contribution in [0.25, 0.3) is 5.57 Å². The number of hydrogen-bond acceptors (Lipinski definition) is 4. The maximum atomic E-state index is 12.0. The maximum absolute atomic E-state index is 12.0. The molecular weight excluding hydrogens is 278 g/mol. The average molecular weight is 297 g/mol. The van der Waals surface area contributed by atoms with Crippen LogP contribution < -0.4 is 5.32 Å². The molecule has 1 amide bonds. The van der Waals surface area contributed by atoms with Gasteiger partial charge in [0.2, 0.25) is 11.8 Å². The van der Waals surface area contributed by atoms with Crippen molar-refractivity contribution < 1.29 is 9.32 Å². The number of hydrogen-bond donors (Lipinski definition) is 1. The summed E-state index contributed by atoms with van der Waals surface area (Å²) < 4.78 is 4.99. The highest BCUT2D eigenvalue weighted by atomic mass is 16.5. The molecule has 1 N–H and O–H groups in total. The number of anilines is 1. The van der Waals surface area contributed by atoms with Gasteiger partial charge in [-0.05, 0) is 24.5 Å². The first-order valence-electron chi connectivity index (χ1n) is 7.41. The van der Waals surface area contributed by atoms with Crippen LogP contribution in [0.3, 0.4) is 0 Å². The molecule has 0 bridgehead atoms. The van der Waals surface area contributed by atoms with Crippen molar-refractivity contribution in [2.45, 2.75) is 13.3 Å². The number of carbonyl (C=O) groups excluding carboxylic acids is 1. The molecule has 0 atom stereocenters. The Kier molecular flexibility index (Phi) is 4.34. The van der Waals surface area contributed by atoms with E-state index in [-0.39, 0.29) is 5.91 Å². The summed E-state index contributed by atoms with van der Waals surface area (Å²) in [5, 5.41) is 6.47. The minimum atomic E-state index is -0.0762. The van der Waals surface area contributed by atoms with Crippen molar-refractivity contribution in [1.29, 1.82) is 0 Å². The van der Waals surface area contributed by atoms with E-state index in [0.717, 1.165) is 25.2 Å². The van der Waals surface area contributed by atoms with Gasteiger partial charge in [0.1, 0.15) is 0 Å². The molecule has 5 heteroatoms. The van der Waals surface area contributed by atoms with Crippen LogP contribution in [0.2, 0.25) is 0 Å². The Morgan fingerprint density at radius 1 is 1.36 bits per heavy atom. The number of benzene rings is 1. The smallest absolute Gasteiger partial charge is 0.240 e. The van der Waals surface area contributed by atoms with Crippen molar-refractivity contribution in [3.05, 3.63) is 53.7 Å². The van der Waals surface area contributed by atoms with E-state index in [1.807, 2.05) is 13.0 Å². The van der Waals surface area contributed by atoms with Crippen LogP contribution >= 0.6 is 0 Å². The fourth-order valence-corrected chi connectivity index (χ4v) is 2.57. The van der Waals surface area contributed by atoms with Crippen LogP contribution in [0.5, 0.6) is 0 Å². The van der Waals surface area contributed by atoms with Crippen LogP contribution in [0.4, 0.5) is 5.88 Å². The largest absolute Gasteiger partial charge is 0.338 e. The molecule has 22 heavy (non-hydrogen) atoms. The number of nitrogens with zero attached hydrogens (tertiary/aromatic N) is 2. The summed E-state index contributed by atoms with van der Waals surface area (Å²) >= 11 is 0. The highest BCUT2D eigenvalue weighted by Gasteiger charge is 2.16. The fourth-order valence-electron chi connectivity index (χ4n) is 2.57. The molecule has 1 aliphatic heterocycles. The molecule has 2 aromatic rings. The van der Waals surface area contributed by atoms with E-state index in [9.17, 15) is 4.79 Å². The molecule has 0 spiro atoms. The third-order valence-electron chi connectivity index (χ3n) is 3.70. The van der Waals surface area contributed by atoms with Gasteiger partial charge in [-0.15, -0.1) is 0 Å². The molecule has 1 aromatic heterocycles. The van der Waals surface area contributed by atoms with E-state index < -0.39 is 0 Å². The third-order valence-corrected chi connectivity index (χ3v) is 3.70.